The fourth-order valence-corrected chi connectivity index (χ4v) is 6.52. The van der Waals surface area contributed by atoms with Gasteiger partial charge in [0.25, 0.3) is 0 Å². The first-order valence-electron chi connectivity index (χ1n) is 12.8. The van der Waals surface area contributed by atoms with E-state index < -0.39 is 7.82 Å². The Morgan fingerprint density at radius 2 is 1.87 bits per heavy atom. The van der Waals surface area contributed by atoms with Gasteiger partial charge in [-0.3, -0.25) is 19.4 Å². The van der Waals surface area contributed by atoms with Crippen molar-refractivity contribution in [2.45, 2.75) is 75.3 Å². The van der Waals surface area contributed by atoms with Gasteiger partial charge < -0.3 is 30.5 Å². The maximum atomic E-state index is 12.3. The molecule has 6 N–H and O–H groups in total. The molecule has 14 heteroatoms. The summed E-state index contributed by atoms with van der Waals surface area (Å²) in [5, 5.41) is 12.0. The molecule has 2 fully saturated rings. The number of methoxy groups -OCH3 is 1. The van der Waals surface area contributed by atoms with E-state index in [9.17, 15) is 18.9 Å². The molecule has 0 aliphatic carbocycles. The molecule has 1 aromatic carbocycles. The molecule has 2 aliphatic heterocycles. The Morgan fingerprint density at radius 1 is 1.11 bits per heavy atom. The molecule has 212 valence electrons. The van der Waals surface area contributed by atoms with Crippen LogP contribution in [0.3, 0.4) is 0 Å². The zero-order chi connectivity index (χ0) is 27.5. The molecule has 0 saturated carbocycles. The van der Waals surface area contributed by atoms with Crippen molar-refractivity contribution >= 4 is 43.1 Å². The average Bonchev–Trinajstić information content (AvgIpc) is 3.39. The summed E-state index contributed by atoms with van der Waals surface area (Å²) in [5.41, 5.74) is 0.874. The molecule has 2 saturated heterocycles. The van der Waals surface area contributed by atoms with Gasteiger partial charge in [0.05, 0.1) is 18.7 Å². The van der Waals surface area contributed by atoms with E-state index in [0.29, 0.717) is 42.3 Å². The first-order valence-corrected chi connectivity index (χ1v) is 15.3. The maximum absolute atomic E-state index is 12.3. The minimum Gasteiger partial charge on any atom is -0.404 e. The van der Waals surface area contributed by atoms with Crippen molar-refractivity contribution in [3.8, 4) is 5.75 Å². The normalized spacial score (nSPS) is 20.4. The number of thioether (sulfide) groups is 1. The van der Waals surface area contributed by atoms with Crippen LogP contribution >= 0.6 is 19.6 Å². The number of phosphoric acid groups is 1. The first-order chi connectivity index (χ1) is 18.1. The Morgan fingerprint density at radius 3 is 2.63 bits per heavy atom. The highest BCUT2D eigenvalue weighted by Gasteiger charge is 2.42. The highest BCUT2D eigenvalue weighted by Crippen LogP contribution is 2.40. The van der Waals surface area contributed by atoms with E-state index in [2.05, 4.69) is 25.8 Å². The van der Waals surface area contributed by atoms with E-state index in [4.69, 9.17) is 14.5 Å². The van der Waals surface area contributed by atoms with Gasteiger partial charge in [0, 0.05) is 48.7 Å². The van der Waals surface area contributed by atoms with Crippen molar-refractivity contribution in [2.24, 2.45) is 0 Å². The Labute approximate surface area is 226 Å². The second-order valence-electron chi connectivity index (χ2n) is 9.41. The van der Waals surface area contributed by atoms with Gasteiger partial charge in [-0.05, 0) is 43.9 Å². The van der Waals surface area contributed by atoms with Crippen LogP contribution in [0.5, 0.6) is 5.75 Å². The van der Waals surface area contributed by atoms with Crippen LogP contribution in [0.25, 0.3) is 0 Å². The highest BCUT2D eigenvalue weighted by molar-refractivity contribution is 8.00. The molecule has 3 atom stereocenters. The monoisotopic (exact) mass is 572 g/mol. The molecule has 0 aromatic heterocycles. The van der Waals surface area contributed by atoms with Gasteiger partial charge in [0.15, 0.2) is 0 Å². The van der Waals surface area contributed by atoms with Crippen LogP contribution in [0.4, 0.5) is 10.5 Å². The van der Waals surface area contributed by atoms with Crippen LogP contribution in [0.1, 0.15) is 56.9 Å². The maximum Gasteiger partial charge on any atom is 0.524 e. The second kappa shape index (κ2) is 14.7. The van der Waals surface area contributed by atoms with Crippen LogP contribution < -0.4 is 25.8 Å². The van der Waals surface area contributed by atoms with E-state index >= 15 is 0 Å². The number of urea groups is 1. The predicted molar refractivity (Wildman–Crippen MR) is 144 cm³/mol. The molecular formula is C24H37N4O8PS. The minimum atomic E-state index is -4.71. The summed E-state index contributed by atoms with van der Waals surface area (Å²) in [7, 11) is -3.27. The van der Waals surface area contributed by atoms with Gasteiger partial charge in [-0.15, -0.1) is 0 Å². The van der Waals surface area contributed by atoms with Crippen molar-refractivity contribution in [1.29, 1.82) is 0 Å². The quantitative estimate of drug-likeness (QED) is 0.0988. The van der Waals surface area contributed by atoms with Crippen molar-refractivity contribution in [1.82, 2.24) is 16.0 Å². The minimum absolute atomic E-state index is 0.0113. The number of carbonyl (C=O) groups is 3. The molecule has 0 radical (unpaired) electrons. The summed E-state index contributed by atoms with van der Waals surface area (Å²) in [5.74, 6) is 0.785. The summed E-state index contributed by atoms with van der Waals surface area (Å²) in [6.07, 6.45) is 5.79. The topological polar surface area (TPSA) is 175 Å². The van der Waals surface area contributed by atoms with E-state index in [0.717, 1.165) is 37.9 Å². The lowest BCUT2D eigenvalue weighted by Crippen LogP contribution is -2.36. The van der Waals surface area contributed by atoms with Crippen LogP contribution in [0, 0.1) is 0 Å². The Kier molecular flexibility index (Phi) is 11.7. The molecule has 2 heterocycles. The lowest BCUT2D eigenvalue weighted by atomic mass is 10.0. The third kappa shape index (κ3) is 10.1. The molecule has 0 spiro atoms. The lowest BCUT2D eigenvalue weighted by molar-refractivity contribution is -0.121. The number of unbranched alkanes of at least 4 members (excludes halogenated alkanes) is 3. The summed E-state index contributed by atoms with van der Waals surface area (Å²) >= 11 is 1.88. The number of amides is 4. The molecule has 38 heavy (non-hydrogen) atoms. The average molecular weight is 573 g/mol. The number of ether oxygens (including phenoxy) is 1. The molecular weight excluding hydrogens is 535 g/mol. The zero-order valence-electron chi connectivity index (χ0n) is 21.4. The van der Waals surface area contributed by atoms with E-state index in [1.165, 1.54) is 19.2 Å². The summed E-state index contributed by atoms with van der Waals surface area (Å²) in [6, 6.07) is 4.78. The predicted octanol–water partition coefficient (Wildman–Crippen LogP) is 2.65. The molecule has 4 amide bonds. The van der Waals surface area contributed by atoms with Gasteiger partial charge in [-0.25, -0.2) is 9.36 Å². The smallest absolute Gasteiger partial charge is 0.404 e. The number of benzene rings is 1. The Hall–Kier alpha value is -2.31. The lowest BCUT2D eigenvalue weighted by Gasteiger charge is -2.16. The van der Waals surface area contributed by atoms with Crippen LogP contribution in [0.2, 0.25) is 0 Å². The zero-order valence-corrected chi connectivity index (χ0v) is 23.2. The van der Waals surface area contributed by atoms with Gasteiger partial charge in [0.1, 0.15) is 5.75 Å². The number of rotatable bonds is 16. The molecule has 3 unspecified atom stereocenters. The molecule has 1 aromatic rings. The number of fused-ring (bicyclic) bond motifs is 1. The number of anilines is 1. The molecule has 3 rings (SSSR count). The third-order valence-corrected chi connectivity index (χ3v) is 8.29. The van der Waals surface area contributed by atoms with Crippen molar-refractivity contribution in [2.75, 3.05) is 24.7 Å². The first kappa shape index (κ1) is 30.2. The number of carbonyl (C=O) groups excluding carboxylic acids is 3. The summed E-state index contributed by atoms with van der Waals surface area (Å²) < 4.78 is 20.8. The van der Waals surface area contributed by atoms with Gasteiger partial charge in [-0.2, -0.15) is 11.8 Å². The van der Waals surface area contributed by atoms with Gasteiger partial charge in [0.2, 0.25) is 11.8 Å². The van der Waals surface area contributed by atoms with Crippen LogP contribution in [-0.2, 0) is 25.5 Å². The largest absolute Gasteiger partial charge is 0.524 e. The summed E-state index contributed by atoms with van der Waals surface area (Å²) in [4.78, 5) is 53.8. The molecule has 2 aliphatic rings. The Bertz CT molecular complexity index is 1020. The third-order valence-electron chi connectivity index (χ3n) is 6.34. The van der Waals surface area contributed by atoms with Gasteiger partial charge in [-0.1, -0.05) is 12.8 Å². The molecule has 12 nitrogen and oxygen atoms in total. The molecule has 0 bridgehead atoms. The SMILES string of the molecule is COCc1cc(NC(=O)CCCCCNC(=O)CCCCC2SCC3NC(=O)NC32)ccc1OP(=O)(O)O. The standard InChI is InChI=1S/C24H37N4O8PS/c1-35-14-16-13-17(10-11-19(16)36-37(32,33)34)26-22(30)9-3-2-6-12-25-21(29)8-5-4-7-20-23-18(15-38-20)27-24(31)28-23/h10-11,13,18,20,23H,2-9,12,14-15H2,1H3,(H,25,29)(H,26,30)(H2,27,28,31)(H2,32,33,34). The highest BCUT2D eigenvalue weighted by atomic mass is 32.2. The van der Waals surface area contributed by atoms with Gasteiger partial charge >= 0.3 is 13.9 Å². The Balaban J connectivity index is 1.23. The fourth-order valence-electron chi connectivity index (χ4n) is 4.54. The van der Waals surface area contributed by atoms with E-state index in [1.54, 1.807) is 6.07 Å². The summed E-state index contributed by atoms with van der Waals surface area (Å²) in [6.45, 7) is 0.629. The second-order valence-corrected chi connectivity index (χ2v) is 11.8. The van der Waals surface area contributed by atoms with Crippen LogP contribution in [0.15, 0.2) is 18.2 Å². The number of hydrogen-bond acceptors (Lipinski definition) is 7. The van der Waals surface area contributed by atoms with Crippen molar-refractivity contribution in [3.63, 3.8) is 0 Å². The number of phosphoric ester groups is 1. The van der Waals surface area contributed by atoms with Crippen molar-refractivity contribution in [3.05, 3.63) is 23.8 Å². The van der Waals surface area contributed by atoms with E-state index in [1.807, 2.05) is 11.8 Å². The number of hydrogen-bond donors (Lipinski definition) is 6. The fraction of sp³-hybridized carbons (Fsp3) is 0.625. The van der Waals surface area contributed by atoms with Crippen molar-refractivity contribution < 1.29 is 38.0 Å². The number of nitrogens with one attached hydrogen (secondary N) is 4. The van der Waals surface area contributed by atoms with Crippen LogP contribution in [-0.4, -0.2) is 64.4 Å². The van der Waals surface area contributed by atoms with E-state index in [-0.39, 0.29) is 42.3 Å².